The van der Waals surface area contributed by atoms with E-state index in [-0.39, 0.29) is 23.9 Å². The predicted molar refractivity (Wildman–Crippen MR) is 132 cm³/mol. The van der Waals surface area contributed by atoms with Crippen LogP contribution in [-0.2, 0) is 11.3 Å². The summed E-state index contributed by atoms with van der Waals surface area (Å²) in [6, 6.07) is 3.44. The molecule has 180 valence electrons. The van der Waals surface area contributed by atoms with Crippen LogP contribution in [0.4, 0.5) is 0 Å². The van der Waals surface area contributed by atoms with E-state index in [0.29, 0.717) is 25.2 Å². The summed E-state index contributed by atoms with van der Waals surface area (Å²) in [6.07, 6.45) is 8.18. The summed E-state index contributed by atoms with van der Waals surface area (Å²) in [5.41, 5.74) is -0.252. The van der Waals surface area contributed by atoms with Crippen molar-refractivity contribution in [3.05, 3.63) is 39.6 Å². The van der Waals surface area contributed by atoms with Crippen molar-refractivity contribution >= 4 is 17.2 Å². The number of aliphatic hydroxyl groups is 1. The molecule has 2 aliphatic carbocycles. The Labute approximate surface area is 200 Å². The minimum atomic E-state index is -1.09. The highest BCUT2D eigenvalue weighted by molar-refractivity contribution is 7.08. The van der Waals surface area contributed by atoms with Crippen molar-refractivity contribution in [1.82, 2.24) is 14.5 Å². The fourth-order valence-corrected chi connectivity index (χ4v) is 5.91. The Morgan fingerprint density at radius 1 is 1.30 bits per heavy atom. The first-order chi connectivity index (χ1) is 15.6. The maximum Gasteiger partial charge on any atom is 0.253 e. The quantitative estimate of drug-likeness (QED) is 0.716. The summed E-state index contributed by atoms with van der Waals surface area (Å²) in [5, 5.41) is 15.2. The fraction of sp³-hybridized carbons (Fsp3) is 0.654. The van der Waals surface area contributed by atoms with Gasteiger partial charge in [-0.1, -0.05) is 47.0 Å². The minimum Gasteiger partial charge on any atom is -0.387 e. The van der Waals surface area contributed by atoms with Crippen LogP contribution in [0.3, 0.4) is 0 Å². The fourth-order valence-electron chi connectivity index (χ4n) is 5.26. The molecule has 7 heteroatoms. The largest absolute Gasteiger partial charge is 0.387 e. The van der Waals surface area contributed by atoms with Crippen molar-refractivity contribution in [3.63, 3.8) is 0 Å². The number of thiophene rings is 1. The molecule has 1 N–H and O–H groups in total. The maximum atomic E-state index is 12.6. The molecule has 3 aliphatic rings. The zero-order valence-corrected chi connectivity index (χ0v) is 21.1. The second-order valence-electron chi connectivity index (χ2n) is 11.0. The molecule has 1 amide bonds. The maximum absolute atomic E-state index is 12.6. The number of aromatic nitrogens is 2. The Kier molecular flexibility index (Phi) is 6.83. The van der Waals surface area contributed by atoms with Crippen LogP contribution in [0.15, 0.2) is 34.0 Å². The summed E-state index contributed by atoms with van der Waals surface area (Å²) < 4.78 is 1.47. The predicted octanol–water partition coefficient (Wildman–Crippen LogP) is 4.42. The first-order valence-corrected chi connectivity index (χ1v) is 13.1. The van der Waals surface area contributed by atoms with Gasteiger partial charge >= 0.3 is 0 Å². The first kappa shape index (κ1) is 24.1. The zero-order chi connectivity index (χ0) is 23.8. The molecule has 3 unspecified atom stereocenters. The molecule has 1 saturated heterocycles. The average molecular weight is 472 g/mol. The SMILES string of the molecule is C1CC2CC2C1.CC(C)C(=O)N1CCC(O)(Cn2cnc(-c3ccsc3)cc2=O)C(C)(C)C1. The Morgan fingerprint density at radius 3 is 2.52 bits per heavy atom. The van der Waals surface area contributed by atoms with Crippen LogP contribution >= 0.6 is 11.3 Å². The summed E-state index contributed by atoms with van der Waals surface area (Å²) in [5.74, 6) is 2.46. The average Bonchev–Trinajstić information content (AvgIpc) is 3.15. The van der Waals surface area contributed by atoms with E-state index in [2.05, 4.69) is 4.98 Å². The molecule has 2 aromatic rings. The molecule has 1 aliphatic heterocycles. The van der Waals surface area contributed by atoms with Crippen molar-refractivity contribution in [1.29, 1.82) is 0 Å². The molecule has 0 bridgehead atoms. The van der Waals surface area contributed by atoms with Crippen LogP contribution in [0.25, 0.3) is 11.3 Å². The number of rotatable bonds is 4. The van der Waals surface area contributed by atoms with Gasteiger partial charge in [0.15, 0.2) is 0 Å². The second kappa shape index (κ2) is 9.34. The Bertz CT molecular complexity index is 1020. The van der Waals surface area contributed by atoms with Gasteiger partial charge in [0.1, 0.15) is 0 Å². The number of nitrogens with zero attached hydrogens (tertiary/aromatic N) is 3. The van der Waals surface area contributed by atoms with E-state index < -0.39 is 11.0 Å². The van der Waals surface area contributed by atoms with Crippen LogP contribution in [0.1, 0.15) is 59.8 Å². The Hall–Kier alpha value is -1.99. The third-order valence-electron chi connectivity index (χ3n) is 7.79. The number of hydrogen-bond donors (Lipinski definition) is 1. The molecule has 2 aromatic heterocycles. The van der Waals surface area contributed by atoms with Gasteiger partial charge in [-0.05, 0) is 36.1 Å². The lowest BCUT2D eigenvalue weighted by atomic mass is 9.69. The summed E-state index contributed by atoms with van der Waals surface area (Å²) >= 11 is 1.56. The first-order valence-electron chi connectivity index (χ1n) is 12.2. The van der Waals surface area contributed by atoms with Crippen molar-refractivity contribution in [2.45, 2.75) is 71.9 Å². The van der Waals surface area contributed by atoms with E-state index in [1.807, 2.05) is 49.4 Å². The molecule has 3 heterocycles. The Balaban J connectivity index is 0.000000367. The van der Waals surface area contributed by atoms with Crippen molar-refractivity contribution < 1.29 is 9.90 Å². The van der Waals surface area contributed by atoms with E-state index in [1.54, 1.807) is 30.6 Å². The molecular formula is C26H37N3O3S. The van der Waals surface area contributed by atoms with E-state index >= 15 is 0 Å². The Morgan fingerprint density at radius 2 is 2.03 bits per heavy atom. The van der Waals surface area contributed by atoms with Gasteiger partial charge < -0.3 is 10.0 Å². The third kappa shape index (κ3) is 5.24. The number of piperidine rings is 1. The summed E-state index contributed by atoms with van der Waals surface area (Å²) in [4.78, 5) is 31.1. The highest BCUT2D eigenvalue weighted by Crippen LogP contribution is 2.51. The summed E-state index contributed by atoms with van der Waals surface area (Å²) in [6.45, 7) is 8.80. The minimum absolute atomic E-state index is 0.0662. The van der Waals surface area contributed by atoms with Gasteiger partial charge in [0.2, 0.25) is 5.91 Å². The lowest BCUT2D eigenvalue weighted by Gasteiger charge is -2.50. The highest BCUT2D eigenvalue weighted by Gasteiger charge is 2.49. The normalized spacial score (nSPS) is 27.6. The van der Waals surface area contributed by atoms with Gasteiger partial charge in [-0.15, -0.1) is 0 Å². The number of likely N-dealkylation sites (tertiary alicyclic amines) is 1. The van der Waals surface area contributed by atoms with Crippen molar-refractivity contribution in [2.75, 3.05) is 13.1 Å². The third-order valence-corrected chi connectivity index (χ3v) is 8.48. The topological polar surface area (TPSA) is 75.4 Å². The molecule has 3 atom stereocenters. The lowest BCUT2D eigenvalue weighted by molar-refractivity contribution is -0.156. The van der Waals surface area contributed by atoms with Gasteiger partial charge in [0.25, 0.3) is 5.56 Å². The monoisotopic (exact) mass is 471 g/mol. The number of carbonyl (C=O) groups excluding carboxylic acids is 1. The molecule has 33 heavy (non-hydrogen) atoms. The zero-order valence-electron chi connectivity index (χ0n) is 20.3. The van der Waals surface area contributed by atoms with E-state index in [9.17, 15) is 14.7 Å². The molecule has 0 aromatic carbocycles. The van der Waals surface area contributed by atoms with E-state index in [1.165, 1.54) is 35.2 Å². The van der Waals surface area contributed by atoms with Crippen LogP contribution < -0.4 is 5.56 Å². The van der Waals surface area contributed by atoms with Gasteiger partial charge in [0.05, 0.1) is 24.2 Å². The van der Waals surface area contributed by atoms with Gasteiger partial charge in [0, 0.05) is 41.4 Å². The van der Waals surface area contributed by atoms with Gasteiger partial charge in [-0.25, -0.2) is 4.98 Å². The molecule has 0 spiro atoms. The van der Waals surface area contributed by atoms with Crippen LogP contribution in [0.2, 0.25) is 0 Å². The standard InChI is InChI=1S/C20H27N3O3S.C6H10/c1-14(2)18(25)22-7-6-20(26,19(3,4)11-22)12-23-13-21-16(9-17(23)24)15-5-8-27-10-15;1-2-5-4-6(5)3-1/h5,8-10,13-14,26H,6-7,11-12H2,1-4H3;5-6H,1-4H2. The smallest absolute Gasteiger partial charge is 0.253 e. The molecular weight excluding hydrogens is 434 g/mol. The highest BCUT2D eigenvalue weighted by atomic mass is 32.1. The van der Waals surface area contributed by atoms with Gasteiger partial charge in [-0.2, -0.15) is 11.3 Å². The molecule has 5 rings (SSSR count). The molecule has 3 fully saturated rings. The van der Waals surface area contributed by atoms with Crippen LogP contribution in [0, 0.1) is 23.2 Å². The van der Waals surface area contributed by atoms with E-state index in [0.717, 1.165) is 5.56 Å². The summed E-state index contributed by atoms with van der Waals surface area (Å²) in [7, 11) is 0. The second-order valence-corrected chi connectivity index (χ2v) is 11.8. The number of fused-ring (bicyclic) bond motifs is 1. The molecule has 2 saturated carbocycles. The lowest BCUT2D eigenvalue weighted by Crippen LogP contribution is -2.61. The number of hydrogen-bond acceptors (Lipinski definition) is 5. The van der Waals surface area contributed by atoms with E-state index in [4.69, 9.17) is 0 Å². The number of carbonyl (C=O) groups is 1. The molecule has 6 nitrogen and oxygen atoms in total. The van der Waals surface area contributed by atoms with Crippen molar-refractivity contribution in [2.24, 2.45) is 23.2 Å². The number of amides is 1. The molecule has 0 radical (unpaired) electrons. The van der Waals surface area contributed by atoms with Crippen LogP contribution in [0.5, 0.6) is 0 Å². The van der Waals surface area contributed by atoms with Crippen molar-refractivity contribution in [3.8, 4) is 11.3 Å². The van der Waals surface area contributed by atoms with Gasteiger partial charge in [-0.3, -0.25) is 14.2 Å². The van der Waals surface area contributed by atoms with Crippen LogP contribution in [-0.4, -0.2) is 44.2 Å².